The molecule has 0 aromatic heterocycles. The molecule has 1 aliphatic rings. The van der Waals surface area contributed by atoms with Gasteiger partial charge in [-0.1, -0.05) is 24.3 Å². The number of amides is 2. The zero-order valence-electron chi connectivity index (χ0n) is 13.2. The quantitative estimate of drug-likeness (QED) is 0.937. The Bertz CT molecular complexity index is 807. The van der Waals surface area contributed by atoms with Crippen molar-refractivity contribution in [3.63, 3.8) is 0 Å². The normalized spacial score (nSPS) is 16.4. The summed E-state index contributed by atoms with van der Waals surface area (Å²) < 4.78 is 18.7. The van der Waals surface area contributed by atoms with Crippen LogP contribution in [-0.4, -0.2) is 30.4 Å². The number of nitrogens with zero attached hydrogens (tertiary/aromatic N) is 1. The molecule has 2 N–H and O–H groups in total. The van der Waals surface area contributed by atoms with Crippen LogP contribution in [0.2, 0.25) is 0 Å². The minimum Gasteiger partial charge on any atom is -0.496 e. The SMILES string of the molecule is COc1ccc(F)cc1C(=O)N1CCc2ccccc2C1C(N)=O. The molecule has 0 aliphatic carbocycles. The van der Waals surface area contributed by atoms with Gasteiger partial charge in [0, 0.05) is 6.54 Å². The molecular weight excluding hydrogens is 311 g/mol. The number of primary amides is 1. The molecule has 24 heavy (non-hydrogen) atoms. The smallest absolute Gasteiger partial charge is 0.258 e. The van der Waals surface area contributed by atoms with Crippen molar-refractivity contribution in [2.45, 2.75) is 12.5 Å². The molecule has 0 bridgehead atoms. The lowest BCUT2D eigenvalue weighted by atomic mass is 9.91. The second-order valence-corrected chi connectivity index (χ2v) is 5.60. The molecule has 1 aliphatic heterocycles. The zero-order chi connectivity index (χ0) is 17.3. The summed E-state index contributed by atoms with van der Waals surface area (Å²) in [7, 11) is 1.40. The maximum absolute atomic E-state index is 13.6. The van der Waals surface area contributed by atoms with Crippen LogP contribution < -0.4 is 10.5 Å². The van der Waals surface area contributed by atoms with E-state index < -0.39 is 23.7 Å². The van der Waals surface area contributed by atoms with Crippen molar-refractivity contribution in [2.75, 3.05) is 13.7 Å². The molecule has 0 fully saturated rings. The van der Waals surface area contributed by atoms with Crippen molar-refractivity contribution in [3.8, 4) is 5.75 Å². The van der Waals surface area contributed by atoms with Crippen LogP contribution in [0.4, 0.5) is 4.39 Å². The molecule has 2 amide bonds. The van der Waals surface area contributed by atoms with E-state index in [9.17, 15) is 14.0 Å². The van der Waals surface area contributed by atoms with Crippen LogP contribution in [0.15, 0.2) is 42.5 Å². The van der Waals surface area contributed by atoms with E-state index in [1.807, 2.05) is 12.1 Å². The predicted octanol–water partition coefficient (Wildman–Crippen LogP) is 2.06. The molecule has 0 saturated heterocycles. The lowest BCUT2D eigenvalue weighted by Gasteiger charge is -2.35. The van der Waals surface area contributed by atoms with Gasteiger partial charge in [-0.15, -0.1) is 0 Å². The second kappa shape index (κ2) is 6.31. The number of carbonyl (C=O) groups excluding carboxylic acids is 2. The average Bonchev–Trinajstić information content (AvgIpc) is 2.59. The highest BCUT2D eigenvalue weighted by atomic mass is 19.1. The Morgan fingerprint density at radius 3 is 2.71 bits per heavy atom. The molecule has 0 spiro atoms. The van der Waals surface area contributed by atoms with E-state index in [4.69, 9.17) is 10.5 Å². The number of nitrogens with two attached hydrogens (primary N) is 1. The van der Waals surface area contributed by atoms with Crippen molar-refractivity contribution in [2.24, 2.45) is 5.73 Å². The summed E-state index contributed by atoms with van der Waals surface area (Å²) in [6, 6.07) is 10.2. The Morgan fingerprint density at radius 1 is 1.25 bits per heavy atom. The molecule has 1 heterocycles. The summed E-state index contributed by atoms with van der Waals surface area (Å²) in [5, 5.41) is 0. The molecule has 124 valence electrons. The summed E-state index contributed by atoms with van der Waals surface area (Å²) in [6.07, 6.45) is 0.601. The topological polar surface area (TPSA) is 72.6 Å². The first kappa shape index (κ1) is 16.0. The van der Waals surface area contributed by atoms with Crippen LogP contribution in [0.1, 0.15) is 27.5 Å². The van der Waals surface area contributed by atoms with E-state index in [2.05, 4.69) is 0 Å². The number of hydrogen-bond acceptors (Lipinski definition) is 3. The Morgan fingerprint density at radius 2 is 2.00 bits per heavy atom. The second-order valence-electron chi connectivity index (χ2n) is 5.60. The van der Waals surface area contributed by atoms with Crippen LogP contribution in [0.5, 0.6) is 5.75 Å². The third kappa shape index (κ3) is 2.71. The van der Waals surface area contributed by atoms with Gasteiger partial charge >= 0.3 is 0 Å². The highest BCUT2D eigenvalue weighted by Crippen LogP contribution is 2.32. The van der Waals surface area contributed by atoms with Gasteiger partial charge in [0.25, 0.3) is 5.91 Å². The largest absolute Gasteiger partial charge is 0.496 e. The third-order valence-corrected chi connectivity index (χ3v) is 4.21. The van der Waals surface area contributed by atoms with Crippen molar-refractivity contribution < 1.29 is 18.7 Å². The first-order valence-electron chi connectivity index (χ1n) is 7.54. The van der Waals surface area contributed by atoms with Gasteiger partial charge in [-0.25, -0.2) is 4.39 Å². The number of ether oxygens (including phenoxy) is 1. The van der Waals surface area contributed by atoms with Gasteiger partial charge in [-0.3, -0.25) is 9.59 Å². The van der Waals surface area contributed by atoms with Gasteiger partial charge in [-0.2, -0.15) is 0 Å². The molecule has 1 unspecified atom stereocenters. The number of hydrogen-bond donors (Lipinski definition) is 1. The van der Waals surface area contributed by atoms with Crippen LogP contribution >= 0.6 is 0 Å². The fourth-order valence-corrected chi connectivity index (χ4v) is 3.09. The van der Waals surface area contributed by atoms with Gasteiger partial charge in [0.2, 0.25) is 5.91 Å². The zero-order valence-corrected chi connectivity index (χ0v) is 13.2. The number of halogens is 1. The minimum absolute atomic E-state index is 0.0723. The lowest BCUT2D eigenvalue weighted by Crippen LogP contribution is -2.45. The van der Waals surface area contributed by atoms with E-state index in [0.29, 0.717) is 18.5 Å². The first-order chi connectivity index (χ1) is 11.5. The number of methoxy groups -OCH3 is 1. The first-order valence-corrected chi connectivity index (χ1v) is 7.54. The summed E-state index contributed by atoms with van der Waals surface area (Å²) in [5.41, 5.74) is 7.31. The summed E-state index contributed by atoms with van der Waals surface area (Å²) >= 11 is 0. The molecule has 6 heteroatoms. The fourth-order valence-electron chi connectivity index (χ4n) is 3.09. The maximum Gasteiger partial charge on any atom is 0.258 e. The number of benzene rings is 2. The fraction of sp³-hybridized carbons (Fsp3) is 0.222. The van der Waals surface area contributed by atoms with Crippen molar-refractivity contribution in [1.82, 2.24) is 4.90 Å². The maximum atomic E-state index is 13.6. The molecule has 0 saturated carbocycles. The third-order valence-electron chi connectivity index (χ3n) is 4.21. The van der Waals surface area contributed by atoms with Crippen LogP contribution in [0, 0.1) is 5.82 Å². The van der Waals surface area contributed by atoms with Gasteiger partial charge in [0.15, 0.2) is 0 Å². The van der Waals surface area contributed by atoms with Crippen LogP contribution in [0.25, 0.3) is 0 Å². The summed E-state index contributed by atoms with van der Waals surface area (Å²) in [6.45, 7) is 0.323. The predicted molar refractivity (Wildman–Crippen MR) is 86.1 cm³/mol. The molecule has 1 atom stereocenters. The van der Waals surface area contributed by atoms with Crippen molar-refractivity contribution in [1.29, 1.82) is 0 Å². The average molecular weight is 328 g/mol. The molecule has 2 aromatic carbocycles. The number of fused-ring (bicyclic) bond motifs is 1. The molecular formula is C18H17FN2O3. The van der Waals surface area contributed by atoms with Gasteiger partial charge in [-0.05, 0) is 35.7 Å². The Balaban J connectivity index is 2.04. The van der Waals surface area contributed by atoms with E-state index in [1.165, 1.54) is 24.1 Å². The Kier molecular flexibility index (Phi) is 4.20. The number of carbonyl (C=O) groups is 2. The Labute approximate surface area is 138 Å². The van der Waals surface area contributed by atoms with Gasteiger partial charge in [0.1, 0.15) is 17.6 Å². The van der Waals surface area contributed by atoms with E-state index >= 15 is 0 Å². The van der Waals surface area contributed by atoms with Gasteiger partial charge < -0.3 is 15.4 Å². The molecule has 0 radical (unpaired) electrons. The Hall–Kier alpha value is -2.89. The van der Waals surface area contributed by atoms with Crippen LogP contribution in [-0.2, 0) is 11.2 Å². The molecule has 5 nitrogen and oxygen atoms in total. The van der Waals surface area contributed by atoms with Crippen LogP contribution in [0.3, 0.4) is 0 Å². The molecule has 3 rings (SSSR count). The summed E-state index contributed by atoms with van der Waals surface area (Å²) in [4.78, 5) is 26.3. The monoisotopic (exact) mass is 328 g/mol. The standard InChI is InChI=1S/C18H17FN2O3/c1-24-15-7-6-12(19)10-14(15)18(23)21-9-8-11-4-2-3-5-13(11)16(21)17(20)22/h2-7,10,16H,8-9H2,1H3,(H2,20,22). The van der Waals surface area contributed by atoms with E-state index in [-0.39, 0.29) is 11.3 Å². The van der Waals surface area contributed by atoms with E-state index in [0.717, 1.165) is 11.6 Å². The minimum atomic E-state index is -0.879. The van der Waals surface area contributed by atoms with Crippen molar-refractivity contribution >= 4 is 11.8 Å². The van der Waals surface area contributed by atoms with Crippen molar-refractivity contribution in [3.05, 3.63) is 65.0 Å². The highest BCUT2D eigenvalue weighted by molar-refractivity contribution is 6.00. The highest BCUT2D eigenvalue weighted by Gasteiger charge is 2.35. The van der Waals surface area contributed by atoms with E-state index in [1.54, 1.807) is 12.1 Å². The summed E-state index contributed by atoms with van der Waals surface area (Å²) in [5.74, 6) is -1.40. The van der Waals surface area contributed by atoms with Gasteiger partial charge in [0.05, 0.1) is 12.7 Å². The number of rotatable bonds is 3. The molecule has 2 aromatic rings. The lowest BCUT2D eigenvalue weighted by molar-refractivity contribution is -0.123.